The molecule has 0 radical (unpaired) electrons. The number of para-hydroxylation sites is 1. The molecule has 2 heterocycles. The Morgan fingerprint density at radius 1 is 0.864 bits per heavy atom. The number of esters is 1. The normalized spacial score (nSPS) is 11.6. The van der Waals surface area contributed by atoms with Gasteiger partial charge in [0.05, 0.1) is 29.2 Å². The first-order valence-electron chi connectivity index (χ1n) is 14.0. The standard InChI is InChI=1S/C35H30FN3O5/c1-35(2,3)44-34(40)23-11-9-21(33-24(23)15-20-7-5-6-8-27(20)39-33)19-42-32-18-28-25(17-31(32)41-4)29(13-14-38-28)43-30-12-10-22(37)16-26(30)36/h5-18H,19,37H2,1-4H3. The summed E-state index contributed by atoms with van der Waals surface area (Å²) >= 11 is 0. The monoisotopic (exact) mass is 591 g/mol. The number of hydrogen-bond donors (Lipinski definition) is 1. The lowest BCUT2D eigenvalue weighted by Crippen LogP contribution is -2.24. The molecule has 0 aliphatic rings. The van der Waals surface area contributed by atoms with Crippen LogP contribution >= 0.6 is 0 Å². The zero-order valence-corrected chi connectivity index (χ0v) is 24.7. The van der Waals surface area contributed by atoms with Crippen LogP contribution in [0.15, 0.2) is 85.1 Å². The molecular formula is C35H30FN3O5. The first-order chi connectivity index (χ1) is 21.1. The van der Waals surface area contributed by atoms with Gasteiger partial charge in [-0.2, -0.15) is 0 Å². The Hall–Kier alpha value is -5.44. The van der Waals surface area contributed by atoms with Crippen molar-refractivity contribution in [2.75, 3.05) is 12.8 Å². The molecule has 0 unspecified atom stereocenters. The van der Waals surface area contributed by atoms with Gasteiger partial charge in [-0.25, -0.2) is 14.2 Å². The second-order valence-corrected chi connectivity index (χ2v) is 11.3. The number of rotatable bonds is 7. The molecule has 8 nitrogen and oxygen atoms in total. The number of aromatic nitrogens is 2. The van der Waals surface area contributed by atoms with E-state index in [1.807, 2.05) is 57.2 Å². The van der Waals surface area contributed by atoms with Crippen molar-refractivity contribution < 1.29 is 28.1 Å². The highest BCUT2D eigenvalue weighted by Gasteiger charge is 2.22. The Balaban J connectivity index is 1.36. The second-order valence-electron chi connectivity index (χ2n) is 11.3. The minimum absolute atomic E-state index is 0.0349. The predicted molar refractivity (Wildman–Crippen MR) is 168 cm³/mol. The number of halogens is 1. The molecule has 44 heavy (non-hydrogen) atoms. The zero-order valence-electron chi connectivity index (χ0n) is 24.7. The number of fused-ring (bicyclic) bond motifs is 3. The topological polar surface area (TPSA) is 106 Å². The molecule has 0 fully saturated rings. The van der Waals surface area contributed by atoms with E-state index in [4.69, 9.17) is 29.7 Å². The average molecular weight is 592 g/mol. The molecule has 222 valence electrons. The summed E-state index contributed by atoms with van der Waals surface area (Å²) in [6.07, 6.45) is 1.57. The zero-order chi connectivity index (χ0) is 31.0. The number of carbonyl (C=O) groups is 1. The first kappa shape index (κ1) is 28.7. The van der Waals surface area contributed by atoms with Gasteiger partial charge in [-0.05, 0) is 63.2 Å². The molecule has 2 N–H and O–H groups in total. The fraction of sp³-hybridized carbons (Fsp3) is 0.171. The maximum atomic E-state index is 14.5. The SMILES string of the molecule is COc1cc2c(Oc3ccc(N)cc3F)ccnc2cc1OCc1ccc(C(=O)OC(C)(C)C)c2cc3ccccc3nc12. The molecule has 2 aromatic heterocycles. The fourth-order valence-electron chi connectivity index (χ4n) is 4.91. The van der Waals surface area contributed by atoms with Crippen LogP contribution < -0.4 is 19.9 Å². The van der Waals surface area contributed by atoms with Gasteiger partial charge in [-0.3, -0.25) is 4.98 Å². The third kappa shape index (κ3) is 5.76. The van der Waals surface area contributed by atoms with Gasteiger partial charge in [0.1, 0.15) is 18.0 Å². The summed E-state index contributed by atoms with van der Waals surface area (Å²) in [6, 6.07) is 22.6. The van der Waals surface area contributed by atoms with Crippen molar-refractivity contribution in [2.24, 2.45) is 0 Å². The highest BCUT2D eigenvalue weighted by atomic mass is 19.1. The van der Waals surface area contributed by atoms with Crippen molar-refractivity contribution >= 4 is 44.4 Å². The lowest BCUT2D eigenvalue weighted by molar-refractivity contribution is 0.00717. The number of nitrogens with two attached hydrogens (primary N) is 1. The Morgan fingerprint density at radius 2 is 1.68 bits per heavy atom. The van der Waals surface area contributed by atoms with Crippen molar-refractivity contribution in [1.82, 2.24) is 9.97 Å². The number of hydrogen-bond acceptors (Lipinski definition) is 8. The molecule has 9 heteroatoms. The molecule has 4 aromatic carbocycles. The van der Waals surface area contributed by atoms with Gasteiger partial charge in [0.2, 0.25) is 0 Å². The van der Waals surface area contributed by atoms with Crippen molar-refractivity contribution in [3.05, 3.63) is 102 Å². The molecule has 0 amide bonds. The number of nitrogen functional groups attached to an aromatic ring is 1. The first-order valence-corrected chi connectivity index (χ1v) is 14.0. The maximum Gasteiger partial charge on any atom is 0.339 e. The van der Waals surface area contributed by atoms with Gasteiger partial charge in [0.15, 0.2) is 23.1 Å². The lowest BCUT2D eigenvalue weighted by Gasteiger charge is -2.20. The van der Waals surface area contributed by atoms with Crippen molar-refractivity contribution in [2.45, 2.75) is 33.0 Å². The Kier molecular flexibility index (Phi) is 7.38. The predicted octanol–water partition coefficient (Wildman–Crippen LogP) is 7.99. The summed E-state index contributed by atoms with van der Waals surface area (Å²) in [4.78, 5) is 22.5. The van der Waals surface area contributed by atoms with Crippen LogP contribution in [0.5, 0.6) is 23.0 Å². The summed E-state index contributed by atoms with van der Waals surface area (Å²) in [5.74, 6) is 0.296. The van der Waals surface area contributed by atoms with E-state index < -0.39 is 17.4 Å². The van der Waals surface area contributed by atoms with E-state index in [0.29, 0.717) is 50.3 Å². The van der Waals surface area contributed by atoms with Crippen molar-refractivity contribution in [3.63, 3.8) is 0 Å². The van der Waals surface area contributed by atoms with Gasteiger partial charge in [0.25, 0.3) is 0 Å². The molecule has 0 saturated heterocycles. The van der Waals surface area contributed by atoms with Gasteiger partial charge >= 0.3 is 5.97 Å². The molecule has 0 atom stereocenters. The Bertz CT molecular complexity index is 2060. The van der Waals surface area contributed by atoms with Crippen LogP contribution in [0.4, 0.5) is 10.1 Å². The number of nitrogens with zero attached hydrogens (tertiary/aromatic N) is 2. The van der Waals surface area contributed by atoms with E-state index in [2.05, 4.69) is 4.98 Å². The molecular weight excluding hydrogens is 561 g/mol. The molecule has 0 aliphatic carbocycles. The summed E-state index contributed by atoms with van der Waals surface area (Å²) in [5, 5.41) is 2.18. The Labute approximate surface area is 253 Å². The highest BCUT2D eigenvalue weighted by Crippen LogP contribution is 2.38. The molecule has 0 bridgehead atoms. The van der Waals surface area contributed by atoms with E-state index in [1.54, 1.807) is 36.5 Å². The van der Waals surface area contributed by atoms with Crippen LogP contribution in [0.1, 0.15) is 36.7 Å². The van der Waals surface area contributed by atoms with E-state index in [-0.39, 0.29) is 12.4 Å². The molecule has 0 spiro atoms. The molecule has 0 aliphatic heterocycles. The number of anilines is 1. The van der Waals surface area contributed by atoms with Crippen LogP contribution in [0.3, 0.4) is 0 Å². The van der Waals surface area contributed by atoms with Crippen molar-refractivity contribution in [3.8, 4) is 23.0 Å². The van der Waals surface area contributed by atoms with E-state index >= 15 is 0 Å². The van der Waals surface area contributed by atoms with Gasteiger partial charge < -0.3 is 24.7 Å². The third-order valence-electron chi connectivity index (χ3n) is 6.93. The second kappa shape index (κ2) is 11.3. The molecule has 6 aromatic rings. The smallest absolute Gasteiger partial charge is 0.339 e. The van der Waals surface area contributed by atoms with Gasteiger partial charge in [0, 0.05) is 45.7 Å². The van der Waals surface area contributed by atoms with Crippen molar-refractivity contribution in [1.29, 1.82) is 0 Å². The quantitative estimate of drug-likeness (QED) is 0.113. The number of carbonyl (C=O) groups excluding carboxylic acids is 1. The number of ether oxygens (including phenoxy) is 4. The van der Waals surface area contributed by atoms with Crippen LogP contribution in [0.25, 0.3) is 32.7 Å². The molecule has 6 rings (SSSR count). The minimum Gasteiger partial charge on any atom is -0.493 e. The highest BCUT2D eigenvalue weighted by molar-refractivity contribution is 6.07. The van der Waals surface area contributed by atoms with Crippen LogP contribution in [0, 0.1) is 5.82 Å². The summed E-state index contributed by atoms with van der Waals surface area (Å²) in [6.45, 7) is 5.63. The lowest BCUT2D eigenvalue weighted by atomic mass is 10.0. The Morgan fingerprint density at radius 3 is 2.45 bits per heavy atom. The van der Waals surface area contributed by atoms with Crippen LogP contribution in [-0.2, 0) is 11.3 Å². The van der Waals surface area contributed by atoms with Gasteiger partial charge in [-0.1, -0.05) is 24.3 Å². The van der Waals surface area contributed by atoms with Crippen LogP contribution in [-0.4, -0.2) is 28.6 Å². The number of pyridine rings is 2. The fourth-order valence-corrected chi connectivity index (χ4v) is 4.91. The number of methoxy groups -OCH3 is 1. The summed E-state index contributed by atoms with van der Waals surface area (Å²) in [5.41, 5.74) is 8.50. The maximum absolute atomic E-state index is 14.5. The summed E-state index contributed by atoms with van der Waals surface area (Å²) in [7, 11) is 1.53. The summed E-state index contributed by atoms with van der Waals surface area (Å²) < 4.78 is 37.9. The van der Waals surface area contributed by atoms with E-state index in [1.165, 1.54) is 19.2 Å². The van der Waals surface area contributed by atoms with E-state index in [9.17, 15) is 9.18 Å². The minimum atomic E-state index is -0.649. The average Bonchev–Trinajstić information content (AvgIpc) is 2.99. The van der Waals surface area contributed by atoms with Crippen LogP contribution in [0.2, 0.25) is 0 Å². The largest absolute Gasteiger partial charge is 0.493 e. The molecule has 0 saturated carbocycles. The third-order valence-corrected chi connectivity index (χ3v) is 6.93. The van der Waals surface area contributed by atoms with Gasteiger partial charge in [-0.15, -0.1) is 0 Å². The van der Waals surface area contributed by atoms with E-state index in [0.717, 1.165) is 16.5 Å². The number of benzene rings is 4.